The van der Waals surface area contributed by atoms with E-state index in [0.717, 1.165) is 33.5 Å². The molecular weight excluding hydrogens is 428 g/mol. The van der Waals surface area contributed by atoms with Crippen molar-refractivity contribution in [1.82, 2.24) is 14.3 Å². The molecule has 0 spiro atoms. The van der Waals surface area contributed by atoms with E-state index in [1.807, 2.05) is 45.0 Å². The van der Waals surface area contributed by atoms with Gasteiger partial charge in [0, 0.05) is 35.7 Å². The number of benzene rings is 2. The van der Waals surface area contributed by atoms with Gasteiger partial charge in [-0.05, 0) is 76.1 Å². The fourth-order valence-electron chi connectivity index (χ4n) is 4.28. The Balaban J connectivity index is 1.61. The van der Waals surface area contributed by atoms with Gasteiger partial charge in [0.2, 0.25) is 5.91 Å². The summed E-state index contributed by atoms with van der Waals surface area (Å²) in [6.45, 7) is 7.39. The number of ketones is 1. The number of hydrogen-bond acceptors (Lipinski definition) is 4. The number of aromatic nitrogens is 3. The molecule has 0 unspecified atom stereocenters. The lowest BCUT2D eigenvalue weighted by atomic mass is 10.0. The highest BCUT2D eigenvalue weighted by Gasteiger charge is 2.20. The summed E-state index contributed by atoms with van der Waals surface area (Å²) >= 11 is 0. The second-order valence-electron chi connectivity index (χ2n) is 8.68. The van der Waals surface area contributed by atoms with Gasteiger partial charge >= 0.3 is 0 Å². The first-order valence-corrected chi connectivity index (χ1v) is 11.2. The molecular formula is C27H28N4O3. The first-order chi connectivity index (χ1) is 16.2. The van der Waals surface area contributed by atoms with Gasteiger partial charge in [-0.25, -0.2) is 4.68 Å². The van der Waals surface area contributed by atoms with Crippen molar-refractivity contribution >= 4 is 28.4 Å². The summed E-state index contributed by atoms with van der Waals surface area (Å²) in [4.78, 5) is 37.3. The molecule has 0 saturated carbocycles. The number of carbonyl (C=O) groups excluding carboxylic acids is 2. The number of carbonyl (C=O) groups is 2. The first-order valence-electron chi connectivity index (χ1n) is 11.2. The number of amides is 1. The van der Waals surface area contributed by atoms with Crippen LogP contribution in [0.4, 0.5) is 5.69 Å². The van der Waals surface area contributed by atoms with Crippen LogP contribution < -0.4 is 10.9 Å². The average molecular weight is 457 g/mol. The van der Waals surface area contributed by atoms with E-state index in [1.54, 1.807) is 40.6 Å². The Labute approximate surface area is 198 Å². The van der Waals surface area contributed by atoms with Crippen LogP contribution in [0.5, 0.6) is 0 Å². The van der Waals surface area contributed by atoms with Crippen molar-refractivity contribution in [3.8, 4) is 5.69 Å². The second kappa shape index (κ2) is 9.09. The number of nitrogens with zero attached hydrogens (tertiary/aromatic N) is 3. The monoisotopic (exact) mass is 456 g/mol. The third kappa shape index (κ3) is 4.29. The number of anilines is 1. The summed E-state index contributed by atoms with van der Waals surface area (Å²) < 4.78 is 3.43. The van der Waals surface area contributed by atoms with Crippen LogP contribution in [0.1, 0.15) is 46.1 Å². The maximum atomic E-state index is 13.3. The van der Waals surface area contributed by atoms with Crippen LogP contribution in [0, 0.1) is 20.8 Å². The molecule has 0 bridgehead atoms. The van der Waals surface area contributed by atoms with Crippen molar-refractivity contribution < 1.29 is 9.59 Å². The minimum atomic E-state index is -0.191. The molecule has 1 amide bonds. The smallest absolute Gasteiger partial charge is 0.255 e. The quantitative estimate of drug-likeness (QED) is 0.435. The maximum absolute atomic E-state index is 13.3. The fraction of sp³-hybridized carbons (Fsp3) is 0.259. The molecule has 7 nitrogen and oxygen atoms in total. The SMILES string of the molecule is CC(=O)c1ccc(NC(=O)CCc2c(C)c3c(C)nn(-c4ccc(C)cc4)c3n(C)c2=O)cc1. The number of pyridine rings is 1. The van der Waals surface area contributed by atoms with Crippen LogP contribution in [-0.2, 0) is 18.3 Å². The van der Waals surface area contributed by atoms with Crippen LogP contribution in [0.2, 0.25) is 0 Å². The van der Waals surface area contributed by atoms with Gasteiger partial charge in [-0.15, -0.1) is 0 Å². The molecule has 1 N–H and O–H groups in total. The van der Waals surface area contributed by atoms with Gasteiger partial charge in [0.25, 0.3) is 5.56 Å². The molecule has 2 aromatic carbocycles. The van der Waals surface area contributed by atoms with E-state index in [2.05, 4.69) is 5.32 Å². The number of nitrogens with one attached hydrogen (secondary N) is 1. The summed E-state index contributed by atoms with van der Waals surface area (Å²) in [6.07, 6.45) is 0.488. The van der Waals surface area contributed by atoms with Gasteiger partial charge in [0.15, 0.2) is 5.78 Å². The summed E-state index contributed by atoms with van der Waals surface area (Å²) in [5, 5.41) is 8.48. The third-order valence-corrected chi connectivity index (χ3v) is 6.20. The predicted octanol–water partition coefficient (Wildman–Crippen LogP) is 4.42. The Morgan fingerprint density at radius 3 is 2.24 bits per heavy atom. The van der Waals surface area contributed by atoms with Gasteiger partial charge in [-0.1, -0.05) is 17.7 Å². The van der Waals surface area contributed by atoms with E-state index < -0.39 is 0 Å². The number of rotatable bonds is 6. The Morgan fingerprint density at radius 2 is 1.62 bits per heavy atom. The molecule has 7 heteroatoms. The van der Waals surface area contributed by atoms with E-state index in [1.165, 1.54) is 6.92 Å². The second-order valence-corrected chi connectivity index (χ2v) is 8.68. The van der Waals surface area contributed by atoms with Crippen LogP contribution >= 0.6 is 0 Å². The van der Waals surface area contributed by atoms with Gasteiger partial charge < -0.3 is 5.32 Å². The Morgan fingerprint density at radius 1 is 0.971 bits per heavy atom. The molecule has 0 fully saturated rings. The van der Waals surface area contributed by atoms with E-state index in [-0.39, 0.29) is 23.7 Å². The normalized spacial score (nSPS) is 11.1. The highest BCUT2D eigenvalue weighted by Crippen LogP contribution is 2.26. The zero-order valence-electron chi connectivity index (χ0n) is 20.1. The topological polar surface area (TPSA) is 86.0 Å². The lowest BCUT2D eigenvalue weighted by Crippen LogP contribution is -2.25. The van der Waals surface area contributed by atoms with E-state index in [0.29, 0.717) is 23.2 Å². The minimum absolute atomic E-state index is 0.0272. The lowest BCUT2D eigenvalue weighted by molar-refractivity contribution is -0.116. The fourth-order valence-corrected chi connectivity index (χ4v) is 4.28. The van der Waals surface area contributed by atoms with Crippen molar-refractivity contribution in [3.05, 3.63) is 86.8 Å². The molecule has 0 aliphatic carbocycles. The molecule has 2 heterocycles. The lowest BCUT2D eigenvalue weighted by Gasteiger charge is -2.13. The van der Waals surface area contributed by atoms with Crippen molar-refractivity contribution in [3.63, 3.8) is 0 Å². The molecule has 2 aromatic heterocycles. The standard InChI is InChI=1S/C27H28N4O3/c1-16-6-12-22(13-7-16)31-26-25(18(3)29-31)17(2)23(27(34)30(26)5)14-15-24(33)28-21-10-8-20(9-11-21)19(4)32/h6-13H,14-15H2,1-5H3,(H,28,33). The molecule has 4 rings (SSSR count). The van der Waals surface area contributed by atoms with Crippen molar-refractivity contribution in [1.29, 1.82) is 0 Å². The summed E-state index contributed by atoms with van der Waals surface area (Å²) in [5.41, 5.74) is 6.16. The molecule has 4 aromatic rings. The van der Waals surface area contributed by atoms with Gasteiger partial charge in [-0.2, -0.15) is 5.10 Å². The average Bonchev–Trinajstić information content (AvgIpc) is 3.15. The molecule has 34 heavy (non-hydrogen) atoms. The molecule has 0 aliphatic heterocycles. The molecule has 0 saturated heterocycles. The Kier molecular flexibility index (Phi) is 6.20. The summed E-state index contributed by atoms with van der Waals surface area (Å²) in [5.74, 6) is -0.218. The van der Waals surface area contributed by atoms with E-state index in [9.17, 15) is 14.4 Å². The number of hydrogen-bond donors (Lipinski definition) is 1. The molecule has 0 atom stereocenters. The van der Waals surface area contributed by atoms with Crippen molar-refractivity contribution in [2.75, 3.05) is 5.32 Å². The predicted molar refractivity (Wildman–Crippen MR) is 134 cm³/mol. The number of Topliss-reactive ketones (excluding diaryl/α,β-unsaturated/α-hetero) is 1. The maximum Gasteiger partial charge on any atom is 0.255 e. The van der Waals surface area contributed by atoms with E-state index >= 15 is 0 Å². The van der Waals surface area contributed by atoms with Crippen LogP contribution in [0.3, 0.4) is 0 Å². The molecule has 174 valence electrons. The van der Waals surface area contributed by atoms with Crippen molar-refractivity contribution in [2.24, 2.45) is 7.05 Å². The van der Waals surface area contributed by atoms with Crippen LogP contribution in [0.25, 0.3) is 16.7 Å². The third-order valence-electron chi connectivity index (χ3n) is 6.20. The largest absolute Gasteiger partial charge is 0.326 e. The van der Waals surface area contributed by atoms with E-state index in [4.69, 9.17) is 5.10 Å². The van der Waals surface area contributed by atoms with Gasteiger partial charge in [0.1, 0.15) is 5.65 Å². The van der Waals surface area contributed by atoms with Crippen molar-refractivity contribution in [2.45, 2.75) is 40.5 Å². The zero-order valence-corrected chi connectivity index (χ0v) is 20.1. The summed E-state index contributed by atoms with van der Waals surface area (Å²) in [6, 6.07) is 14.8. The zero-order chi connectivity index (χ0) is 24.6. The first kappa shape index (κ1) is 23.2. The number of aryl methyl sites for hydroxylation is 4. The van der Waals surface area contributed by atoms with Gasteiger partial charge in [-0.3, -0.25) is 19.0 Å². The summed E-state index contributed by atoms with van der Waals surface area (Å²) in [7, 11) is 1.75. The minimum Gasteiger partial charge on any atom is -0.326 e. The van der Waals surface area contributed by atoms with Gasteiger partial charge in [0.05, 0.1) is 11.4 Å². The highest BCUT2D eigenvalue weighted by molar-refractivity contribution is 5.95. The van der Waals surface area contributed by atoms with Crippen LogP contribution in [-0.4, -0.2) is 26.0 Å². The Hall–Kier alpha value is -4.00. The Bertz CT molecular complexity index is 1460. The molecule has 0 radical (unpaired) electrons. The van der Waals surface area contributed by atoms with Crippen LogP contribution in [0.15, 0.2) is 53.3 Å². The highest BCUT2D eigenvalue weighted by atomic mass is 16.2. The molecule has 0 aliphatic rings. The number of fused-ring (bicyclic) bond motifs is 1.